The fourth-order valence-electron chi connectivity index (χ4n) is 0.560. The Hall–Kier alpha value is -1.56. The second kappa shape index (κ2) is 2.83. The van der Waals surface area contributed by atoms with E-state index in [1.165, 1.54) is 0 Å². The van der Waals surface area contributed by atoms with Crippen LogP contribution in [0.4, 0.5) is 5.95 Å². The maximum Gasteiger partial charge on any atom is 0.223 e. The van der Waals surface area contributed by atoms with E-state index in [1.54, 1.807) is 19.3 Å². The van der Waals surface area contributed by atoms with Crippen LogP contribution in [0.25, 0.3) is 0 Å². The first-order valence-corrected chi connectivity index (χ1v) is 2.84. The summed E-state index contributed by atoms with van der Waals surface area (Å²) >= 11 is 0. The average molecular weight is 133 g/mol. The SMILES string of the molecule is C#Cc1ccnc(NC)n1. The summed E-state index contributed by atoms with van der Waals surface area (Å²) < 4.78 is 0. The van der Waals surface area contributed by atoms with Crippen LogP contribution in [0.1, 0.15) is 5.69 Å². The minimum absolute atomic E-state index is 0.551. The van der Waals surface area contributed by atoms with Crippen molar-refractivity contribution in [3.8, 4) is 12.3 Å². The third-order valence-corrected chi connectivity index (χ3v) is 1.03. The Labute approximate surface area is 59.5 Å². The molecule has 1 aromatic rings. The van der Waals surface area contributed by atoms with E-state index in [0.29, 0.717) is 11.6 Å². The van der Waals surface area contributed by atoms with E-state index >= 15 is 0 Å². The van der Waals surface area contributed by atoms with Crippen molar-refractivity contribution in [3.63, 3.8) is 0 Å². The van der Waals surface area contributed by atoms with E-state index in [4.69, 9.17) is 6.42 Å². The summed E-state index contributed by atoms with van der Waals surface area (Å²) in [5.74, 6) is 2.96. The number of terminal acetylenes is 1. The fourth-order valence-corrected chi connectivity index (χ4v) is 0.560. The zero-order valence-electron chi connectivity index (χ0n) is 5.63. The summed E-state index contributed by atoms with van der Waals surface area (Å²) in [7, 11) is 1.75. The molecule has 50 valence electrons. The second-order valence-electron chi connectivity index (χ2n) is 1.66. The largest absolute Gasteiger partial charge is 0.357 e. The summed E-state index contributed by atoms with van der Waals surface area (Å²) in [5, 5.41) is 2.78. The number of anilines is 1. The highest BCUT2D eigenvalue weighted by atomic mass is 15.1. The van der Waals surface area contributed by atoms with Crippen LogP contribution in [0.3, 0.4) is 0 Å². The van der Waals surface area contributed by atoms with E-state index in [0.717, 1.165) is 0 Å². The Morgan fingerprint density at radius 1 is 1.70 bits per heavy atom. The van der Waals surface area contributed by atoms with Crippen molar-refractivity contribution in [2.75, 3.05) is 12.4 Å². The molecule has 0 fully saturated rings. The Bertz CT molecular complexity index is 262. The molecule has 1 N–H and O–H groups in total. The topological polar surface area (TPSA) is 37.8 Å². The molecule has 3 nitrogen and oxygen atoms in total. The molecule has 3 heteroatoms. The Kier molecular flexibility index (Phi) is 1.86. The van der Waals surface area contributed by atoms with E-state index in [-0.39, 0.29) is 0 Å². The van der Waals surface area contributed by atoms with Crippen LogP contribution >= 0.6 is 0 Å². The number of aromatic nitrogens is 2. The lowest BCUT2D eigenvalue weighted by atomic mass is 10.4. The van der Waals surface area contributed by atoms with Gasteiger partial charge in [-0.05, 0) is 6.07 Å². The van der Waals surface area contributed by atoms with Gasteiger partial charge in [-0.2, -0.15) is 0 Å². The Balaban J connectivity index is 3.01. The molecule has 10 heavy (non-hydrogen) atoms. The summed E-state index contributed by atoms with van der Waals surface area (Å²) in [6.07, 6.45) is 6.72. The van der Waals surface area contributed by atoms with E-state index in [9.17, 15) is 0 Å². The van der Waals surface area contributed by atoms with E-state index in [2.05, 4.69) is 21.2 Å². The van der Waals surface area contributed by atoms with Crippen molar-refractivity contribution in [1.29, 1.82) is 0 Å². The van der Waals surface area contributed by atoms with Gasteiger partial charge in [0, 0.05) is 13.2 Å². The zero-order valence-corrected chi connectivity index (χ0v) is 5.63. The summed E-state index contributed by atoms with van der Waals surface area (Å²) in [5.41, 5.74) is 0.597. The molecular weight excluding hydrogens is 126 g/mol. The number of rotatable bonds is 1. The van der Waals surface area contributed by atoms with Gasteiger partial charge in [0.05, 0.1) is 0 Å². The van der Waals surface area contributed by atoms with Gasteiger partial charge < -0.3 is 5.32 Å². The molecule has 0 aliphatic heterocycles. The molecule has 0 saturated heterocycles. The van der Waals surface area contributed by atoms with Crippen molar-refractivity contribution in [1.82, 2.24) is 9.97 Å². The molecule has 1 rings (SSSR count). The first kappa shape index (κ1) is 6.56. The predicted octanol–water partition coefficient (Wildman–Crippen LogP) is 0.500. The van der Waals surface area contributed by atoms with Crippen molar-refractivity contribution in [3.05, 3.63) is 18.0 Å². The van der Waals surface area contributed by atoms with E-state index < -0.39 is 0 Å². The van der Waals surface area contributed by atoms with Crippen LogP contribution in [0, 0.1) is 12.3 Å². The maximum absolute atomic E-state index is 5.11. The molecule has 0 aliphatic carbocycles. The molecule has 0 aromatic carbocycles. The van der Waals surface area contributed by atoms with Crippen molar-refractivity contribution in [2.45, 2.75) is 0 Å². The lowest BCUT2D eigenvalue weighted by Crippen LogP contribution is -1.96. The first-order chi connectivity index (χ1) is 4.86. The van der Waals surface area contributed by atoms with Gasteiger partial charge in [0.2, 0.25) is 5.95 Å². The Morgan fingerprint density at radius 3 is 3.10 bits per heavy atom. The van der Waals surface area contributed by atoms with Gasteiger partial charge in [0.1, 0.15) is 5.69 Å². The van der Waals surface area contributed by atoms with Crippen LogP contribution in [0.2, 0.25) is 0 Å². The number of nitrogens with one attached hydrogen (secondary N) is 1. The first-order valence-electron chi connectivity index (χ1n) is 2.84. The number of nitrogens with zero attached hydrogens (tertiary/aromatic N) is 2. The van der Waals surface area contributed by atoms with Gasteiger partial charge in [-0.3, -0.25) is 0 Å². The molecule has 0 unspecified atom stereocenters. The van der Waals surface area contributed by atoms with Crippen molar-refractivity contribution < 1.29 is 0 Å². The van der Waals surface area contributed by atoms with Crippen LogP contribution < -0.4 is 5.32 Å². The van der Waals surface area contributed by atoms with Gasteiger partial charge in [0.25, 0.3) is 0 Å². The summed E-state index contributed by atoms with van der Waals surface area (Å²) in [6, 6.07) is 1.68. The quantitative estimate of drug-likeness (QED) is 0.567. The minimum atomic E-state index is 0.551. The molecule has 0 radical (unpaired) electrons. The van der Waals surface area contributed by atoms with Gasteiger partial charge in [-0.15, -0.1) is 6.42 Å². The molecule has 0 saturated carbocycles. The maximum atomic E-state index is 5.11. The minimum Gasteiger partial charge on any atom is -0.357 e. The Morgan fingerprint density at radius 2 is 2.50 bits per heavy atom. The molecule has 0 aliphatic rings. The second-order valence-corrected chi connectivity index (χ2v) is 1.66. The molecule has 1 heterocycles. The summed E-state index contributed by atoms with van der Waals surface area (Å²) in [6.45, 7) is 0. The number of hydrogen-bond donors (Lipinski definition) is 1. The normalized spacial score (nSPS) is 8.40. The smallest absolute Gasteiger partial charge is 0.223 e. The predicted molar refractivity (Wildman–Crippen MR) is 39.5 cm³/mol. The molecule has 0 amide bonds. The van der Waals surface area contributed by atoms with Gasteiger partial charge >= 0.3 is 0 Å². The van der Waals surface area contributed by atoms with Crippen molar-refractivity contribution in [2.24, 2.45) is 0 Å². The molecule has 0 bridgehead atoms. The van der Waals surface area contributed by atoms with Crippen LogP contribution in [-0.4, -0.2) is 17.0 Å². The lowest BCUT2D eigenvalue weighted by molar-refractivity contribution is 1.13. The van der Waals surface area contributed by atoms with E-state index in [1.807, 2.05) is 0 Å². The number of hydrogen-bond acceptors (Lipinski definition) is 3. The van der Waals surface area contributed by atoms with Gasteiger partial charge in [-0.25, -0.2) is 9.97 Å². The summed E-state index contributed by atoms with van der Waals surface area (Å²) in [4.78, 5) is 7.84. The average Bonchev–Trinajstić information content (AvgIpc) is 2.05. The van der Waals surface area contributed by atoms with Gasteiger partial charge in [-0.1, -0.05) is 5.92 Å². The molecular formula is C7H7N3. The highest BCUT2D eigenvalue weighted by Gasteiger charge is 1.90. The standard InChI is InChI=1S/C7H7N3/c1-3-6-4-5-9-7(8-2)10-6/h1,4-5H,2H3,(H,8,9,10). The third-order valence-electron chi connectivity index (χ3n) is 1.03. The molecule has 0 atom stereocenters. The fraction of sp³-hybridized carbons (Fsp3) is 0.143. The van der Waals surface area contributed by atoms with Gasteiger partial charge in [0.15, 0.2) is 0 Å². The molecule has 1 aromatic heterocycles. The molecule has 0 spiro atoms. The highest BCUT2D eigenvalue weighted by molar-refractivity contribution is 5.30. The van der Waals surface area contributed by atoms with Crippen LogP contribution in [-0.2, 0) is 0 Å². The zero-order chi connectivity index (χ0) is 7.40. The van der Waals surface area contributed by atoms with Crippen LogP contribution in [0.15, 0.2) is 12.3 Å². The van der Waals surface area contributed by atoms with Crippen molar-refractivity contribution >= 4 is 5.95 Å². The highest BCUT2D eigenvalue weighted by Crippen LogP contribution is 1.96. The third kappa shape index (κ3) is 1.23. The lowest BCUT2D eigenvalue weighted by Gasteiger charge is -1.95. The van der Waals surface area contributed by atoms with Crippen LogP contribution in [0.5, 0.6) is 0 Å². The monoisotopic (exact) mass is 133 g/mol.